The lowest BCUT2D eigenvalue weighted by molar-refractivity contribution is -0.115. The van der Waals surface area contributed by atoms with Crippen LogP contribution in [-0.4, -0.2) is 41.9 Å². The summed E-state index contributed by atoms with van der Waals surface area (Å²) in [6.45, 7) is 2.37. The van der Waals surface area contributed by atoms with Crippen LogP contribution in [0.15, 0.2) is 12.3 Å². The monoisotopic (exact) mass is 233 g/mol. The maximum atomic E-state index is 11.6. The molecule has 0 radical (unpaired) electrons. The van der Waals surface area contributed by atoms with Crippen molar-refractivity contribution in [3.05, 3.63) is 12.3 Å². The Morgan fingerprint density at radius 1 is 1.71 bits per heavy atom. The zero-order chi connectivity index (χ0) is 12.1. The highest BCUT2D eigenvalue weighted by Crippen LogP contribution is 2.16. The molecule has 1 aromatic heterocycles. The van der Waals surface area contributed by atoms with Crippen LogP contribution in [0.5, 0.6) is 0 Å². The fourth-order valence-electron chi connectivity index (χ4n) is 1.59. The Balaban J connectivity index is 1.87. The molecule has 0 saturated carbocycles. The maximum Gasteiger partial charge on any atom is 0.239 e. The topological polar surface area (TPSA) is 71.0 Å². The average Bonchev–Trinajstić information content (AvgIpc) is 2.64. The summed E-state index contributed by atoms with van der Waals surface area (Å²) in [6, 6.07) is 2.12. The van der Waals surface area contributed by atoms with Gasteiger partial charge in [0.05, 0.1) is 25.3 Å². The highest BCUT2D eigenvalue weighted by Gasteiger charge is 2.21. The van der Waals surface area contributed by atoms with Crippen molar-refractivity contribution < 1.29 is 4.79 Å². The van der Waals surface area contributed by atoms with Crippen LogP contribution in [0.1, 0.15) is 6.04 Å². The number of anilines is 1. The van der Waals surface area contributed by atoms with Crippen molar-refractivity contribution in [2.45, 2.75) is 6.04 Å². The number of nitrogens with one attached hydrogen (secondary N) is 3. The molecule has 1 aliphatic heterocycles. The third kappa shape index (κ3) is 2.84. The molecule has 0 aliphatic carbocycles. The van der Waals surface area contributed by atoms with Crippen molar-refractivity contribution in [3.8, 4) is 12.3 Å². The minimum Gasteiger partial charge on any atom is -0.312 e. The van der Waals surface area contributed by atoms with Crippen molar-refractivity contribution in [1.82, 2.24) is 20.4 Å². The molecule has 0 unspecified atom stereocenters. The van der Waals surface area contributed by atoms with Crippen molar-refractivity contribution in [2.24, 2.45) is 0 Å². The van der Waals surface area contributed by atoms with Gasteiger partial charge < -0.3 is 10.6 Å². The molecule has 3 N–H and O–H groups in total. The quantitative estimate of drug-likeness (QED) is 0.459. The highest BCUT2D eigenvalue weighted by molar-refractivity contribution is 5.91. The van der Waals surface area contributed by atoms with Gasteiger partial charge in [-0.05, 0) is 0 Å². The van der Waals surface area contributed by atoms with Gasteiger partial charge in [0.15, 0.2) is 0 Å². The molecule has 6 nitrogen and oxygen atoms in total. The van der Waals surface area contributed by atoms with E-state index in [2.05, 4.69) is 27.0 Å². The van der Waals surface area contributed by atoms with Crippen molar-refractivity contribution >= 4 is 11.7 Å². The molecule has 1 saturated heterocycles. The molecule has 0 bridgehead atoms. The lowest BCUT2D eigenvalue weighted by Gasteiger charge is -2.28. The maximum absolute atomic E-state index is 11.6. The minimum absolute atomic E-state index is 0.116. The van der Waals surface area contributed by atoms with Crippen LogP contribution < -0.4 is 16.0 Å². The van der Waals surface area contributed by atoms with Crippen LogP contribution in [0.2, 0.25) is 0 Å². The summed E-state index contributed by atoms with van der Waals surface area (Å²) < 4.78 is 1.83. The summed E-state index contributed by atoms with van der Waals surface area (Å²) in [5.41, 5.74) is 0. The Hall–Kier alpha value is -1.84. The Morgan fingerprint density at radius 2 is 2.53 bits per heavy atom. The number of amides is 1. The van der Waals surface area contributed by atoms with E-state index in [-0.39, 0.29) is 12.5 Å². The fourth-order valence-corrected chi connectivity index (χ4v) is 1.59. The fraction of sp³-hybridized carbons (Fsp3) is 0.455. The largest absolute Gasteiger partial charge is 0.312 e. The molecule has 0 aromatic carbocycles. The van der Waals surface area contributed by atoms with Crippen LogP contribution >= 0.6 is 0 Å². The zero-order valence-corrected chi connectivity index (χ0v) is 9.44. The highest BCUT2D eigenvalue weighted by atomic mass is 16.2. The van der Waals surface area contributed by atoms with Gasteiger partial charge in [0, 0.05) is 19.2 Å². The van der Waals surface area contributed by atoms with Gasteiger partial charge in [-0.25, -0.2) is 4.68 Å². The molecule has 2 rings (SSSR count). The van der Waals surface area contributed by atoms with Crippen LogP contribution in [-0.2, 0) is 4.79 Å². The molecule has 1 amide bonds. The second kappa shape index (κ2) is 5.48. The zero-order valence-electron chi connectivity index (χ0n) is 9.44. The number of hydrogen-bond acceptors (Lipinski definition) is 4. The van der Waals surface area contributed by atoms with Crippen LogP contribution in [0.4, 0.5) is 5.82 Å². The molecular formula is C11H15N5O. The smallest absolute Gasteiger partial charge is 0.239 e. The summed E-state index contributed by atoms with van der Waals surface area (Å²) >= 11 is 0. The van der Waals surface area contributed by atoms with E-state index in [1.54, 1.807) is 12.3 Å². The van der Waals surface area contributed by atoms with E-state index >= 15 is 0 Å². The summed E-state index contributed by atoms with van der Waals surface area (Å²) in [6.07, 6.45) is 6.76. The van der Waals surface area contributed by atoms with E-state index in [1.807, 2.05) is 4.68 Å². The van der Waals surface area contributed by atoms with Crippen molar-refractivity contribution in [3.63, 3.8) is 0 Å². The van der Waals surface area contributed by atoms with Crippen LogP contribution in [0.3, 0.4) is 0 Å². The van der Waals surface area contributed by atoms with Gasteiger partial charge in [-0.2, -0.15) is 5.10 Å². The Bertz CT molecular complexity index is 429. The number of aromatic nitrogens is 2. The van der Waals surface area contributed by atoms with Gasteiger partial charge in [-0.1, -0.05) is 5.92 Å². The van der Waals surface area contributed by atoms with E-state index in [0.717, 1.165) is 18.9 Å². The first kappa shape index (κ1) is 11.6. The van der Waals surface area contributed by atoms with Crippen LogP contribution in [0, 0.1) is 12.3 Å². The molecule has 90 valence electrons. The van der Waals surface area contributed by atoms with E-state index in [9.17, 15) is 4.79 Å². The van der Waals surface area contributed by atoms with Crippen molar-refractivity contribution in [1.29, 1.82) is 0 Å². The van der Waals surface area contributed by atoms with Gasteiger partial charge in [-0.15, -0.1) is 6.42 Å². The van der Waals surface area contributed by atoms with Crippen LogP contribution in [0.25, 0.3) is 0 Å². The standard InChI is InChI=1S/C11H15N5O/c1-2-4-12-8-11(17)15-10-3-5-14-16(10)9-6-13-7-9/h1,3,5,9,12-13H,4,6-8H2,(H,15,17). The lowest BCUT2D eigenvalue weighted by Crippen LogP contribution is -2.44. The van der Waals surface area contributed by atoms with E-state index in [1.165, 1.54) is 0 Å². The van der Waals surface area contributed by atoms with E-state index < -0.39 is 0 Å². The summed E-state index contributed by atoms with van der Waals surface area (Å²) in [4.78, 5) is 11.6. The second-order valence-electron chi connectivity index (χ2n) is 3.83. The molecule has 0 atom stereocenters. The Kier molecular flexibility index (Phi) is 3.75. The van der Waals surface area contributed by atoms with Crippen molar-refractivity contribution in [2.75, 3.05) is 31.5 Å². The third-order valence-corrected chi connectivity index (χ3v) is 2.56. The van der Waals surface area contributed by atoms with E-state index in [0.29, 0.717) is 12.6 Å². The van der Waals surface area contributed by atoms with Gasteiger partial charge in [0.2, 0.25) is 5.91 Å². The van der Waals surface area contributed by atoms with Gasteiger partial charge in [-0.3, -0.25) is 10.1 Å². The average molecular weight is 233 g/mol. The number of terminal acetylenes is 1. The second-order valence-corrected chi connectivity index (χ2v) is 3.83. The number of nitrogens with zero attached hydrogens (tertiary/aromatic N) is 2. The minimum atomic E-state index is -0.116. The normalized spacial score (nSPS) is 15.0. The molecule has 1 fully saturated rings. The molecular weight excluding hydrogens is 218 g/mol. The molecule has 17 heavy (non-hydrogen) atoms. The molecule has 1 aliphatic rings. The number of carbonyl (C=O) groups excluding carboxylic acids is 1. The van der Waals surface area contributed by atoms with E-state index in [4.69, 9.17) is 6.42 Å². The molecule has 6 heteroatoms. The molecule has 0 spiro atoms. The number of hydrogen-bond donors (Lipinski definition) is 3. The lowest BCUT2D eigenvalue weighted by atomic mass is 10.2. The summed E-state index contributed by atoms with van der Waals surface area (Å²) in [5, 5.41) is 13.0. The number of carbonyl (C=O) groups is 1. The first-order valence-electron chi connectivity index (χ1n) is 5.49. The first-order valence-corrected chi connectivity index (χ1v) is 5.49. The Morgan fingerprint density at radius 3 is 3.18 bits per heavy atom. The molecule has 2 heterocycles. The Labute approximate surface area is 99.8 Å². The third-order valence-electron chi connectivity index (χ3n) is 2.56. The summed E-state index contributed by atoms with van der Waals surface area (Å²) in [7, 11) is 0. The summed E-state index contributed by atoms with van der Waals surface area (Å²) in [5.74, 6) is 3.02. The van der Waals surface area contributed by atoms with Gasteiger partial charge in [0.1, 0.15) is 5.82 Å². The van der Waals surface area contributed by atoms with Gasteiger partial charge >= 0.3 is 0 Å². The predicted molar refractivity (Wildman–Crippen MR) is 64.5 cm³/mol. The molecule has 1 aromatic rings. The van der Waals surface area contributed by atoms with Gasteiger partial charge in [0.25, 0.3) is 0 Å². The SMILES string of the molecule is C#CCNCC(=O)Nc1ccnn1C1CNC1. The first-order chi connectivity index (χ1) is 8.31. The predicted octanol–water partition coefficient (Wildman–Crippen LogP) is -0.811. The number of rotatable bonds is 5.